The smallest absolute Gasteiger partial charge is 0.266 e. The van der Waals surface area contributed by atoms with E-state index < -0.39 is 5.91 Å². The molecule has 1 amide bonds. The zero-order valence-electron chi connectivity index (χ0n) is 12.4. The highest BCUT2D eigenvalue weighted by atomic mass is 35.5. The molecule has 0 unspecified atom stereocenters. The second-order valence-electron chi connectivity index (χ2n) is 5.09. The molecule has 2 rings (SSSR count). The van der Waals surface area contributed by atoms with Gasteiger partial charge in [-0.05, 0) is 43.7 Å². The lowest BCUT2D eigenvalue weighted by Crippen LogP contribution is -2.13. The van der Waals surface area contributed by atoms with Crippen molar-refractivity contribution in [1.82, 2.24) is 4.57 Å². The second-order valence-corrected chi connectivity index (χ2v) is 5.50. The van der Waals surface area contributed by atoms with E-state index in [4.69, 9.17) is 11.6 Å². The van der Waals surface area contributed by atoms with Gasteiger partial charge in [0.15, 0.2) is 0 Å². The van der Waals surface area contributed by atoms with Crippen molar-refractivity contribution in [3.8, 4) is 6.07 Å². The van der Waals surface area contributed by atoms with Crippen molar-refractivity contribution >= 4 is 29.3 Å². The Kier molecular flexibility index (Phi) is 5.03. The van der Waals surface area contributed by atoms with Gasteiger partial charge in [-0.25, -0.2) is 0 Å². The highest BCUT2D eigenvalue weighted by molar-refractivity contribution is 6.34. The average Bonchev–Trinajstić information content (AvgIpc) is 2.96. The Bertz CT molecular complexity index is 753. The number of amides is 1. The Morgan fingerprint density at radius 2 is 2.09 bits per heavy atom. The number of halogens is 1. The fourth-order valence-electron chi connectivity index (χ4n) is 1.90. The van der Waals surface area contributed by atoms with Gasteiger partial charge in [0.05, 0.1) is 10.7 Å². The number of carbonyl (C=O) groups excluding carboxylic acids is 1. The highest BCUT2D eigenvalue weighted by Crippen LogP contribution is 2.21. The molecule has 22 heavy (non-hydrogen) atoms. The number of aromatic nitrogens is 1. The Balaban J connectivity index is 2.20. The maximum absolute atomic E-state index is 12.2. The average molecular weight is 314 g/mol. The summed E-state index contributed by atoms with van der Waals surface area (Å²) in [6.07, 6.45) is 5.37. The van der Waals surface area contributed by atoms with Crippen LogP contribution >= 0.6 is 11.6 Å². The molecule has 4 nitrogen and oxygen atoms in total. The van der Waals surface area contributed by atoms with E-state index in [-0.39, 0.29) is 5.57 Å². The molecule has 0 atom stereocenters. The van der Waals surface area contributed by atoms with E-state index in [1.165, 1.54) is 0 Å². The summed E-state index contributed by atoms with van der Waals surface area (Å²) in [5.41, 5.74) is 1.32. The van der Waals surface area contributed by atoms with E-state index in [9.17, 15) is 10.1 Å². The Morgan fingerprint density at radius 3 is 2.68 bits per heavy atom. The molecule has 1 heterocycles. The van der Waals surface area contributed by atoms with Gasteiger partial charge < -0.3 is 9.88 Å². The number of nitrogens with zero attached hydrogens (tertiary/aromatic N) is 2. The number of rotatable bonds is 4. The van der Waals surface area contributed by atoms with Crippen molar-refractivity contribution in [2.24, 2.45) is 0 Å². The van der Waals surface area contributed by atoms with Crippen LogP contribution in [0.3, 0.4) is 0 Å². The van der Waals surface area contributed by atoms with Gasteiger partial charge in [-0.2, -0.15) is 5.26 Å². The quantitative estimate of drug-likeness (QED) is 0.677. The first-order valence-electron chi connectivity index (χ1n) is 6.86. The van der Waals surface area contributed by atoms with Gasteiger partial charge in [0.25, 0.3) is 5.91 Å². The van der Waals surface area contributed by atoms with Crippen molar-refractivity contribution in [3.05, 3.63) is 58.9 Å². The molecular weight excluding hydrogens is 298 g/mol. The van der Waals surface area contributed by atoms with Crippen LogP contribution in [0.15, 0.2) is 48.3 Å². The standard InChI is InChI=1S/C17H16ClN3O/c1-12(2)21-8-7-13(11-21)9-14(10-19)17(22)20-16-6-4-3-5-15(16)18/h3-9,11-12H,1-2H3,(H,20,22)/b14-9+. The summed E-state index contributed by atoms with van der Waals surface area (Å²) in [4.78, 5) is 12.2. The van der Waals surface area contributed by atoms with Crippen molar-refractivity contribution < 1.29 is 4.79 Å². The summed E-state index contributed by atoms with van der Waals surface area (Å²) in [7, 11) is 0. The Labute approximate surface area is 134 Å². The number of carbonyl (C=O) groups is 1. The molecule has 0 aliphatic rings. The number of hydrogen-bond donors (Lipinski definition) is 1. The van der Waals surface area contributed by atoms with Crippen molar-refractivity contribution in [1.29, 1.82) is 5.26 Å². The van der Waals surface area contributed by atoms with Gasteiger partial charge in [-0.15, -0.1) is 0 Å². The van der Waals surface area contributed by atoms with Crippen LogP contribution in [0.4, 0.5) is 5.69 Å². The summed E-state index contributed by atoms with van der Waals surface area (Å²) in [6, 6.07) is 11.0. The fraction of sp³-hybridized carbons (Fsp3) is 0.176. The highest BCUT2D eigenvalue weighted by Gasteiger charge is 2.11. The van der Waals surface area contributed by atoms with Gasteiger partial charge in [-0.1, -0.05) is 23.7 Å². The maximum atomic E-state index is 12.2. The first kappa shape index (κ1) is 15.9. The second kappa shape index (κ2) is 6.97. The van der Waals surface area contributed by atoms with Crippen LogP contribution in [0.2, 0.25) is 5.02 Å². The SMILES string of the molecule is CC(C)n1ccc(/C=C(\C#N)C(=O)Nc2ccccc2Cl)c1. The van der Waals surface area contributed by atoms with Gasteiger partial charge in [0, 0.05) is 18.4 Å². The molecule has 112 valence electrons. The van der Waals surface area contributed by atoms with E-state index in [2.05, 4.69) is 19.2 Å². The molecule has 0 aliphatic heterocycles. The van der Waals surface area contributed by atoms with Crippen LogP contribution in [0, 0.1) is 11.3 Å². The summed E-state index contributed by atoms with van der Waals surface area (Å²) in [6.45, 7) is 4.12. The third-order valence-corrected chi connectivity index (χ3v) is 3.46. The zero-order chi connectivity index (χ0) is 16.1. The van der Waals surface area contributed by atoms with E-state index >= 15 is 0 Å². The van der Waals surface area contributed by atoms with Crippen LogP contribution < -0.4 is 5.32 Å². The monoisotopic (exact) mass is 313 g/mol. The topological polar surface area (TPSA) is 57.8 Å². The van der Waals surface area contributed by atoms with Crippen LogP contribution in [0.1, 0.15) is 25.5 Å². The first-order valence-corrected chi connectivity index (χ1v) is 7.24. The molecule has 0 bridgehead atoms. The van der Waals surface area contributed by atoms with Gasteiger partial charge in [0.2, 0.25) is 0 Å². The van der Waals surface area contributed by atoms with Gasteiger partial charge >= 0.3 is 0 Å². The number of para-hydroxylation sites is 1. The van der Waals surface area contributed by atoms with Gasteiger partial charge in [-0.3, -0.25) is 4.79 Å². The molecule has 0 aliphatic carbocycles. The van der Waals surface area contributed by atoms with Crippen LogP contribution in [0.5, 0.6) is 0 Å². The van der Waals surface area contributed by atoms with E-state index in [0.29, 0.717) is 16.8 Å². The molecule has 0 saturated carbocycles. The molecule has 5 heteroatoms. The molecule has 0 spiro atoms. The minimum absolute atomic E-state index is 0.0291. The number of anilines is 1. The van der Waals surface area contributed by atoms with Crippen molar-refractivity contribution in [3.63, 3.8) is 0 Å². The van der Waals surface area contributed by atoms with E-state index in [1.54, 1.807) is 30.3 Å². The van der Waals surface area contributed by atoms with Crippen LogP contribution in [0.25, 0.3) is 6.08 Å². The third kappa shape index (κ3) is 3.78. The maximum Gasteiger partial charge on any atom is 0.266 e. The lowest BCUT2D eigenvalue weighted by atomic mass is 10.2. The lowest BCUT2D eigenvalue weighted by Gasteiger charge is -2.06. The minimum Gasteiger partial charge on any atom is -0.351 e. The first-order chi connectivity index (χ1) is 10.5. The van der Waals surface area contributed by atoms with E-state index in [1.807, 2.05) is 29.1 Å². The number of benzene rings is 1. The minimum atomic E-state index is -0.479. The number of nitriles is 1. The predicted octanol–water partition coefficient (Wildman–Crippen LogP) is 4.27. The third-order valence-electron chi connectivity index (χ3n) is 3.13. The van der Waals surface area contributed by atoms with Crippen LogP contribution in [-0.2, 0) is 4.79 Å². The molecule has 0 saturated heterocycles. The van der Waals surface area contributed by atoms with Crippen molar-refractivity contribution in [2.75, 3.05) is 5.32 Å². The molecule has 0 radical (unpaired) electrons. The summed E-state index contributed by atoms with van der Waals surface area (Å²) < 4.78 is 2.01. The largest absolute Gasteiger partial charge is 0.351 e. The molecule has 1 aromatic carbocycles. The summed E-state index contributed by atoms with van der Waals surface area (Å²) >= 11 is 5.99. The Morgan fingerprint density at radius 1 is 1.36 bits per heavy atom. The summed E-state index contributed by atoms with van der Waals surface area (Å²) in [5.74, 6) is -0.479. The number of nitrogens with one attached hydrogen (secondary N) is 1. The molecule has 0 fully saturated rings. The summed E-state index contributed by atoms with van der Waals surface area (Å²) in [5, 5.41) is 12.3. The fourth-order valence-corrected chi connectivity index (χ4v) is 2.09. The lowest BCUT2D eigenvalue weighted by molar-refractivity contribution is -0.112. The van der Waals surface area contributed by atoms with Gasteiger partial charge in [0.1, 0.15) is 11.6 Å². The molecule has 2 aromatic rings. The molecule has 1 N–H and O–H groups in total. The predicted molar refractivity (Wildman–Crippen MR) is 88.5 cm³/mol. The Hall–Kier alpha value is -2.51. The normalized spacial score (nSPS) is 11.3. The van der Waals surface area contributed by atoms with Crippen molar-refractivity contribution in [2.45, 2.75) is 19.9 Å². The molecule has 1 aromatic heterocycles. The van der Waals surface area contributed by atoms with Crippen LogP contribution in [-0.4, -0.2) is 10.5 Å². The number of hydrogen-bond acceptors (Lipinski definition) is 2. The molecular formula is C17H16ClN3O. The zero-order valence-corrected chi connectivity index (χ0v) is 13.1. The van der Waals surface area contributed by atoms with E-state index in [0.717, 1.165) is 5.56 Å².